The molecule has 1 atom stereocenters. The Balaban J connectivity index is 2.69. The second-order valence-corrected chi connectivity index (χ2v) is 5.57. The van der Waals surface area contributed by atoms with E-state index in [1.54, 1.807) is 52.1 Å². The fraction of sp³-hybridized carbons (Fsp3) is 0.467. The molecule has 0 heterocycles. The van der Waals surface area contributed by atoms with E-state index in [1.165, 1.54) is 0 Å². The number of nitrogens with one attached hydrogen (secondary N) is 1. The van der Waals surface area contributed by atoms with Crippen LogP contribution in [-0.4, -0.2) is 30.8 Å². The number of carbonyl (C=O) groups is 2. The fourth-order valence-electron chi connectivity index (χ4n) is 1.64. The SMILES string of the molecule is COc1ccc(C[C@H](NC(=O)OC(C)(C)C)C(=O)[O-])cc1. The van der Waals surface area contributed by atoms with E-state index >= 15 is 0 Å². The maximum absolute atomic E-state index is 11.6. The highest BCUT2D eigenvalue weighted by molar-refractivity contribution is 5.79. The van der Waals surface area contributed by atoms with Crippen LogP contribution in [0.25, 0.3) is 0 Å². The third kappa shape index (κ3) is 6.16. The first-order valence-corrected chi connectivity index (χ1v) is 6.54. The first-order chi connectivity index (χ1) is 9.71. The van der Waals surface area contributed by atoms with Gasteiger partial charge in [0.15, 0.2) is 0 Å². The lowest BCUT2D eigenvalue weighted by molar-refractivity contribution is -0.308. The number of carboxylic acid groups (broad SMARTS) is 1. The van der Waals surface area contributed by atoms with Crippen LogP contribution in [0.5, 0.6) is 5.75 Å². The van der Waals surface area contributed by atoms with Crippen molar-refractivity contribution in [2.75, 3.05) is 7.11 Å². The summed E-state index contributed by atoms with van der Waals surface area (Å²) in [5.41, 5.74) is 0.0433. The number of ether oxygens (including phenoxy) is 2. The van der Waals surface area contributed by atoms with Gasteiger partial charge < -0.3 is 24.7 Å². The highest BCUT2D eigenvalue weighted by atomic mass is 16.6. The summed E-state index contributed by atoms with van der Waals surface area (Å²) in [5.74, 6) is -0.694. The molecule has 0 aliphatic carbocycles. The molecule has 0 aromatic heterocycles. The molecule has 0 radical (unpaired) electrons. The van der Waals surface area contributed by atoms with Crippen LogP contribution in [0.2, 0.25) is 0 Å². The fourth-order valence-corrected chi connectivity index (χ4v) is 1.64. The summed E-state index contributed by atoms with van der Waals surface area (Å²) >= 11 is 0. The second-order valence-electron chi connectivity index (χ2n) is 5.57. The molecule has 6 nitrogen and oxygen atoms in total. The number of amides is 1. The number of carboxylic acids is 1. The van der Waals surface area contributed by atoms with Gasteiger partial charge in [0.25, 0.3) is 0 Å². The van der Waals surface area contributed by atoms with Crippen molar-refractivity contribution in [2.24, 2.45) is 0 Å². The van der Waals surface area contributed by atoms with Gasteiger partial charge in [-0.1, -0.05) is 12.1 Å². The number of carbonyl (C=O) groups excluding carboxylic acids is 2. The molecule has 0 saturated carbocycles. The van der Waals surface area contributed by atoms with Gasteiger partial charge in [0.05, 0.1) is 19.1 Å². The summed E-state index contributed by atoms with van der Waals surface area (Å²) < 4.78 is 10.1. The van der Waals surface area contributed by atoms with Crippen molar-refractivity contribution in [1.82, 2.24) is 5.32 Å². The van der Waals surface area contributed by atoms with Gasteiger partial charge in [-0.05, 0) is 44.9 Å². The Morgan fingerprint density at radius 2 is 1.81 bits per heavy atom. The first kappa shape index (κ1) is 16.8. The van der Waals surface area contributed by atoms with E-state index in [2.05, 4.69) is 5.32 Å². The van der Waals surface area contributed by atoms with Gasteiger partial charge in [0, 0.05) is 0 Å². The van der Waals surface area contributed by atoms with E-state index in [0.29, 0.717) is 5.75 Å². The lowest BCUT2D eigenvalue weighted by Crippen LogP contribution is -2.50. The summed E-state index contributed by atoms with van der Waals surface area (Å²) in [5, 5.41) is 13.4. The minimum Gasteiger partial charge on any atom is -0.548 e. The lowest BCUT2D eigenvalue weighted by Gasteiger charge is -2.24. The molecule has 0 aliphatic heterocycles. The Morgan fingerprint density at radius 3 is 2.24 bits per heavy atom. The zero-order valence-electron chi connectivity index (χ0n) is 12.6. The number of methoxy groups -OCH3 is 1. The normalized spacial score (nSPS) is 12.4. The van der Waals surface area contributed by atoms with Crippen molar-refractivity contribution in [3.05, 3.63) is 29.8 Å². The predicted molar refractivity (Wildman–Crippen MR) is 74.9 cm³/mol. The number of alkyl carbamates (subject to hydrolysis) is 1. The van der Waals surface area contributed by atoms with Crippen molar-refractivity contribution in [2.45, 2.75) is 38.8 Å². The standard InChI is InChI=1S/C15H21NO5/c1-15(2,3)21-14(19)16-12(13(17)18)9-10-5-7-11(20-4)8-6-10/h5-8,12H,9H2,1-4H3,(H,16,19)(H,17,18)/p-1/t12-/m0/s1. The van der Waals surface area contributed by atoms with Crippen molar-refractivity contribution in [3.63, 3.8) is 0 Å². The van der Waals surface area contributed by atoms with Crippen LogP contribution in [-0.2, 0) is 16.0 Å². The summed E-state index contributed by atoms with van der Waals surface area (Å²) in [6, 6.07) is 5.73. The maximum Gasteiger partial charge on any atom is 0.408 e. The molecule has 0 fully saturated rings. The molecule has 1 N–H and O–H groups in total. The van der Waals surface area contributed by atoms with Gasteiger partial charge >= 0.3 is 6.09 Å². The summed E-state index contributed by atoms with van der Waals surface area (Å²) in [4.78, 5) is 22.7. The smallest absolute Gasteiger partial charge is 0.408 e. The van der Waals surface area contributed by atoms with Crippen LogP contribution in [0.4, 0.5) is 4.79 Å². The first-order valence-electron chi connectivity index (χ1n) is 6.54. The Kier molecular flexibility index (Phi) is 5.58. The van der Waals surface area contributed by atoms with Gasteiger partial charge in [0.2, 0.25) is 0 Å². The molecule has 0 aliphatic rings. The molecule has 0 bridgehead atoms. The second kappa shape index (κ2) is 6.97. The lowest BCUT2D eigenvalue weighted by atomic mass is 10.1. The predicted octanol–water partition coefficient (Wildman–Crippen LogP) is 0.881. The number of benzene rings is 1. The summed E-state index contributed by atoms with van der Waals surface area (Å²) in [6.07, 6.45) is -0.684. The number of hydrogen-bond acceptors (Lipinski definition) is 5. The van der Waals surface area contributed by atoms with Gasteiger partial charge in [0.1, 0.15) is 11.4 Å². The van der Waals surface area contributed by atoms with Crippen molar-refractivity contribution in [3.8, 4) is 5.75 Å². The average molecular weight is 294 g/mol. The average Bonchev–Trinajstić information content (AvgIpc) is 2.36. The third-order valence-electron chi connectivity index (χ3n) is 2.57. The molecule has 1 amide bonds. The topological polar surface area (TPSA) is 87.7 Å². The van der Waals surface area contributed by atoms with E-state index in [-0.39, 0.29) is 6.42 Å². The Labute approximate surface area is 124 Å². The Hall–Kier alpha value is -2.24. The van der Waals surface area contributed by atoms with Crippen molar-refractivity contribution >= 4 is 12.1 Å². The van der Waals surface area contributed by atoms with Gasteiger partial charge in [-0.3, -0.25) is 0 Å². The van der Waals surface area contributed by atoms with Crippen molar-refractivity contribution in [1.29, 1.82) is 0 Å². The highest BCUT2D eigenvalue weighted by Gasteiger charge is 2.20. The highest BCUT2D eigenvalue weighted by Crippen LogP contribution is 2.13. The molecule has 116 valence electrons. The molecular formula is C15H20NO5-. The monoisotopic (exact) mass is 294 g/mol. The zero-order chi connectivity index (χ0) is 16.0. The molecule has 1 rings (SSSR count). The van der Waals surface area contributed by atoms with Crippen LogP contribution >= 0.6 is 0 Å². The van der Waals surface area contributed by atoms with E-state index < -0.39 is 23.7 Å². The quantitative estimate of drug-likeness (QED) is 0.871. The molecular weight excluding hydrogens is 274 g/mol. The van der Waals surface area contributed by atoms with Crippen molar-refractivity contribution < 1.29 is 24.2 Å². The number of rotatable bonds is 5. The minimum atomic E-state index is -1.36. The van der Waals surface area contributed by atoms with E-state index in [0.717, 1.165) is 5.56 Å². The Bertz CT molecular complexity index is 490. The van der Waals surface area contributed by atoms with Crippen LogP contribution in [0, 0.1) is 0 Å². The number of hydrogen-bond donors (Lipinski definition) is 1. The summed E-state index contributed by atoms with van der Waals surface area (Å²) in [7, 11) is 1.54. The molecule has 1 aromatic rings. The van der Waals surface area contributed by atoms with Crippen LogP contribution in [0.15, 0.2) is 24.3 Å². The molecule has 0 spiro atoms. The molecule has 0 saturated heterocycles. The van der Waals surface area contributed by atoms with Crippen LogP contribution in [0.3, 0.4) is 0 Å². The molecule has 1 aromatic carbocycles. The Morgan fingerprint density at radius 1 is 1.24 bits per heavy atom. The van der Waals surface area contributed by atoms with E-state index in [9.17, 15) is 14.7 Å². The zero-order valence-corrected chi connectivity index (χ0v) is 12.6. The van der Waals surface area contributed by atoms with E-state index in [4.69, 9.17) is 9.47 Å². The largest absolute Gasteiger partial charge is 0.548 e. The summed E-state index contributed by atoms with van der Waals surface area (Å²) in [6.45, 7) is 5.10. The third-order valence-corrected chi connectivity index (χ3v) is 2.57. The maximum atomic E-state index is 11.6. The van der Waals surface area contributed by atoms with Crippen LogP contribution in [0.1, 0.15) is 26.3 Å². The van der Waals surface area contributed by atoms with Gasteiger partial charge in [-0.25, -0.2) is 4.79 Å². The van der Waals surface area contributed by atoms with E-state index in [1.807, 2.05) is 0 Å². The van der Waals surface area contributed by atoms with Gasteiger partial charge in [-0.15, -0.1) is 0 Å². The molecule has 21 heavy (non-hydrogen) atoms. The van der Waals surface area contributed by atoms with Crippen LogP contribution < -0.4 is 15.2 Å². The number of aliphatic carboxylic acids is 1. The van der Waals surface area contributed by atoms with Gasteiger partial charge in [-0.2, -0.15) is 0 Å². The molecule has 0 unspecified atom stereocenters. The minimum absolute atomic E-state index is 0.103. The molecule has 6 heteroatoms.